The van der Waals surface area contributed by atoms with E-state index >= 15 is 0 Å². The molecule has 1 aromatic carbocycles. The summed E-state index contributed by atoms with van der Waals surface area (Å²) >= 11 is 2.57. The van der Waals surface area contributed by atoms with Crippen molar-refractivity contribution >= 4 is 50.7 Å². The summed E-state index contributed by atoms with van der Waals surface area (Å²) in [7, 11) is -3.61. The van der Waals surface area contributed by atoms with E-state index in [4.69, 9.17) is 4.74 Å². The van der Waals surface area contributed by atoms with Gasteiger partial charge in [-0.3, -0.25) is 9.59 Å². The van der Waals surface area contributed by atoms with Crippen LogP contribution in [-0.2, 0) is 24.3 Å². The maximum atomic E-state index is 11.9. The molecule has 10 heteroatoms. The van der Waals surface area contributed by atoms with Gasteiger partial charge in [-0.2, -0.15) is 0 Å². The number of ether oxygens (including phenoxy) is 1. The van der Waals surface area contributed by atoms with Crippen molar-refractivity contribution in [3.8, 4) is 0 Å². The molecule has 0 bridgehead atoms. The number of rotatable bonds is 9. The zero-order valence-corrected chi connectivity index (χ0v) is 16.4. The summed E-state index contributed by atoms with van der Waals surface area (Å²) in [6, 6.07) is 10.4. The number of hydrogen-bond donors (Lipinski definition) is 2. The Morgan fingerprint density at radius 2 is 1.96 bits per heavy atom. The lowest BCUT2D eigenvalue weighted by Gasteiger charge is -2.09. The average Bonchev–Trinajstić information content (AvgIpc) is 3.16. The molecule has 7 nitrogen and oxygen atoms in total. The Balaban J connectivity index is 1.72. The molecule has 1 aromatic heterocycles. The van der Waals surface area contributed by atoms with Crippen LogP contribution >= 0.6 is 23.1 Å². The fourth-order valence-electron chi connectivity index (χ4n) is 1.93. The number of anilines is 1. The maximum absolute atomic E-state index is 11.9. The van der Waals surface area contributed by atoms with Gasteiger partial charge >= 0.3 is 5.97 Å². The van der Waals surface area contributed by atoms with Gasteiger partial charge in [-0.1, -0.05) is 18.2 Å². The number of carbonyl (C=O) groups excluding carboxylic acids is 2. The average molecular weight is 415 g/mol. The van der Waals surface area contributed by atoms with Crippen molar-refractivity contribution in [1.29, 1.82) is 0 Å². The van der Waals surface area contributed by atoms with Crippen LogP contribution in [-0.4, -0.2) is 39.7 Å². The molecule has 0 saturated heterocycles. The second-order valence-electron chi connectivity index (χ2n) is 4.99. The summed E-state index contributed by atoms with van der Waals surface area (Å²) in [5, 5.41) is 4.32. The van der Waals surface area contributed by atoms with Crippen LogP contribution in [0.3, 0.4) is 0 Å². The number of thiophene rings is 1. The Morgan fingerprint density at radius 1 is 1.19 bits per heavy atom. The Morgan fingerprint density at radius 3 is 2.65 bits per heavy atom. The fourth-order valence-corrected chi connectivity index (χ4v) is 4.55. The number of nitrogens with one attached hydrogen (secondary N) is 2. The SMILES string of the molecule is CSc1ccccc1NC(=O)COC(=O)CCNS(=O)(=O)c1cccs1. The van der Waals surface area contributed by atoms with Crippen molar-refractivity contribution in [2.45, 2.75) is 15.5 Å². The van der Waals surface area contributed by atoms with E-state index in [9.17, 15) is 18.0 Å². The molecule has 140 valence electrons. The highest BCUT2D eigenvalue weighted by Crippen LogP contribution is 2.24. The third-order valence-corrected chi connectivity index (χ3v) is 6.78. The van der Waals surface area contributed by atoms with E-state index in [0.29, 0.717) is 5.69 Å². The van der Waals surface area contributed by atoms with Gasteiger partial charge in [0.1, 0.15) is 4.21 Å². The number of sulfonamides is 1. The zero-order valence-electron chi connectivity index (χ0n) is 13.9. The molecule has 1 heterocycles. The van der Waals surface area contributed by atoms with Crippen LogP contribution in [0.4, 0.5) is 5.69 Å². The first-order valence-electron chi connectivity index (χ1n) is 7.54. The number of para-hydroxylation sites is 1. The van der Waals surface area contributed by atoms with E-state index in [1.165, 1.54) is 17.8 Å². The highest BCUT2D eigenvalue weighted by atomic mass is 32.2. The van der Waals surface area contributed by atoms with Crippen LogP contribution in [0, 0.1) is 0 Å². The lowest BCUT2D eigenvalue weighted by molar-refractivity contribution is -0.147. The zero-order chi connectivity index (χ0) is 19.0. The lowest BCUT2D eigenvalue weighted by atomic mass is 10.3. The highest BCUT2D eigenvalue weighted by molar-refractivity contribution is 7.98. The van der Waals surface area contributed by atoms with Gasteiger partial charge in [0, 0.05) is 11.4 Å². The number of carbonyl (C=O) groups is 2. The van der Waals surface area contributed by atoms with E-state index < -0.39 is 28.5 Å². The fraction of sp³-hybridized carbons (Fsp3) is 0.250. The second-order valence-corrected chi connectivity index (χ2v) is 8.78. The molecule has 26 heavy (non-hydrogen) atoms. The molecule has 0 radical (unpaired) electrons. The van der Waals surface area contributed by atoms with Crippen molar-refractivity contribution < 1.29 is 22.7 Å². The molecule has 0 aliphatic carbocycles. The van der Waals surface area contributed by atoms with Gasteiger partial charge in [0.2, 0.25) is 10.0 Å². The van der Waals surface area contributed by atoms with Crippen LogP contribution in [0.25, 0.3) is 0 Å². The number of thioether (sulfide) groups is 1. The first-order chi connectivity index (χ1) is 12.4. The molecule has 0 spiro atoms. The van der Waals surface area contributed by atoms with E-state index in [-0.39, 0.29) is 17.2 Å². The van der Waals surface area contributed by atoms with Crippen LogP contribution < -0.4 is 10.0 Å². The number of amides is 1. The third kappa shape index (κ3) is 6.13. The number of esters is 1. The summed E-state index contributed by atoms with van der Waals surface area (Å²) in [5.74, 6) is -1.12. The molecule has 2 aromatic rings. The molecule has 2 N–H and O–H groups in total. The van der Waals surface area contributed by atoms with Gasteiger partial charge < -0.3 is 10.1 Å². The Labute approximate surface area is 160 Å². The Kier molecular flexibility index (Phi) is 7.64. The van der Waals surface area contributed by atoms with E-state index in [0.717, 1.165) is 16.2 Å². The molecular formula is C16H18N2O5S3. The van der Waals surface area contributed by atoms with Crippen LogP contribution in [0.2, 0.25) is 0 Å². The van der Waals surface area contributed by atoms with E-state index in [1.807, 2.05) is 18.4 Å². The van der Waals surface area contributed by atoms with Crippen molar-refractivity contribution in [2.24, 2.45) is 0 Å². The quantitative estimate of drug-likeness (QED) is 0.482. The highest BCUT2D eigenvalue weighted by Gasteiger charge is 2.16. The number of hydrogen-bond acceptors (Lipinski definition) is 7. The largest absolute Gasteiger partial charge is 0.456 e. The van der Waals surface area contributed by atoms with Crippen molar-refractivity contribution in [2.75, 3.05) is 24.7 Å². The summed E-state index contributed by atoms with van der Waals surface area (Å²) in [5.41, 5.74) is 0.643. The normalized spacial score (nSPS) is 11.1. The first kappa shape index (κ1) is 20.4. The van der Waals surface area contributed by atoms with Gasteiger partial charge in [-0.25, -0.2) is 13.1 Å². The van der Waals surface area contributed by atoms with Gasteiger partial charge in [0.05, 0.1) is 12.1 Å². The Bertz CT molecular complexity index is 851. The molecule has 0 aliphatic rings. The molecule has 0 aliphatic heterocycles. The molecule has 0 saturated carbocycles. The standard InChI is InChI=1S/C16H18N2O5S3/c1-24-13-6-3-2-5-12(13)18-14(19)11-23-15(20)8-9-17-26(21,22)16-7-4-10-25-16/h2-7,10,17H,8-9,11H2,1H3,(H,18,19). The minimum atomic E-state index is -3.61. The van der Waals surface area contributed by atoms with Crippen LogP contribution in [0.15, 0.2) is 50.9 Å². The predicted octanol–water partition coefficient (Wildman–Crippen LogP) is 2.32. The van der Waals surface area contributed by atoms with Crippen LogP contribution in [0.1, 0.15) is 6.42 Å². The van der Waals surface area contributed by atoms with Crippen molar-refractivity contribution in [1.82, 2.24) is 4.72 Å². The molecular weight excluding hydrogens is 396 g/mol. The predicted molar refractivity (Wildman–Crippen MR) is 102 cm³/mol. The topological polar surface area (TPSA) is 102 Å². The summed E-state index contributed by atoms with van der Waals surface area (Å²) < 4.78 is 31.1. The third-order valence-electron chi connectivity index (χ3n) is 3.13. The monoisotopic (exact) mass is 414 g/mol. The van der Waals surface area contributed by atoms with E-state index in [1.54, 1.807) is 23.6 Å². The van der Waals surface area contributed by atoms with Gasteiger partial charge in [-0.05, 0) is 29.8 Å². The molecule has 0 atom stereocenters. The second kappa shape index (κ2) is 9.72. The summed E-state index contributed by atoms with van der Waals surface area (Å²) in [6.45, 7) is -0.533. The molecule has 0 unspecified atom stereocenters. The maximum Gasteiger partial charge on any atom is 0.307 e. The van der Waals surface area contributed by atoms with Crippen molar-refractivity contribution in [3.05, 3.63) is 41.8 Å². The Hall–Kier alpha value is -1.88. The van der Waals surface area contributed by atoms with Crippen LogP contribution in [0.5, 0.6) is 0 Å². The van der Waals surface area contributed by atoms with Crippen molar-refractivity contribution in [3.63, 3.8) is 0 Å². The number of benzene rings is 1. The van der Waals surface area contributed by atoms with Gasteiger partial charge in [0.15, 0.2) is 6.61 Å². The smallest absolute Gasteiger partial charge is 0.307 e. The van der Waals surface area contributed by atoms with E-state index in [2.05, 4.69) is 10.0 Å². The summed E-state index contributed by atoms with van der Waals surface area (Å²) in [4.78, 5) is 24.4. The minimum Gasteiger partial charge on any atom is -0.456 e. The molecule has 1 amide bonds. The molecule has 0 fully saturated rings. The first-order valence-corrected chi connectivity index (χ1v) is 11.1. The lowest BCUT2D eigenvalue weighted by Crippen LogP contribution is -2.27. The van der Waals surface area contributed by atoms with Gasteiger partial charge in [0.25, 0.3) is 5.91 Å². The summed E-state index contributed by atoms with van der Waals surface area (Å²) in [6.07, 6.45) is 1.72. The minimum absolute atomic E-state index is 0.101. The van der Waals surface area contributed by atoms with Gasteiger partial charge in [-0.15, -0.1) is 23.1 Å². The molecule has 2 rings (SSSR count).